The Morgan fingerprint density at radius 1 is 1.17 bits per heavy atom. The summed E-state index contributed by atoms with van der Waals surface area (Å²) in [5.41, 5.74) is 0.295. The molecule has 0 aliphatic carbocycles. The molecule has 2 rings (SSSR count). The standard InChI is InChI=1S/C17H17NO5/c1-11(2)16(20)22-10-9-18-17(21)23-15-8-7-14(19)12-5-3-4-6-13(12)15/h3-8,19H,1,9-10H2,2H3,(H,18,21). The van der Waals surface area contributed by atoms with Gasteiger partial charge in [0.2, 0.25) is 0 Å². The summed E-state index contributed by atoms with van der Waals surface area (Å²) in [4.78, 5) is 22.9. The average molecular weight is 315 g/mol. The van der Waals surface area contributed by atoms with E-state index in [1.54, 1.807) is 31.2 Å². The van der Waals surface area contributed by atoms with Gasteiger partial charge in [0.1, 0.15) is 18.1 Å². The number of hydrogen-bond donors (Lipinski definition) is 2. The van der Waals surface area contributed by atoms with Gasteiger partial charge in [-0.15, -0.1) is 0 Å². The molecule has 120 valence electrons. The Kier molecular flexibility index (Phi) is 5.19. The minimum Gasteiger partial charge on any atom is -0.507 e. The molecule has 0 saturated heterocycles. The van der Waals surface area contributed by atoms with Gasteiger partial charge in [0.15, 0.2) is 0 Å². The predicted molar refractivity (Wildman–Crippen MR) is 85.4 cm³/mol. The van der Waals surface area contributed by atoms with E-state index in [0.717, 1.165) is 0 Å². The van der Waals surface area contributed by atoms with Crippen LogP contribution in [-0.2, 0) is 9.53 Å². The number of amides is 1. The summed E-state index contributed by atoms with van der Waals surface area (Å²) in [6.07, 6.45) is -0.674. The molecule has 2 aromatic rings. The molecule has 0 bridgehead atoms. The van der Waals surface area contributed by atoms with Gasteiger partial charge in [-0.2, -0.15) is 0 Å². The molecule has 23 heavy (non-hydrogen) atoms. The molecular weight excluding hydrogens is 298 g/mol. The Balaban J connectivity index is 1.92. The number of hydrogen-bond acceptors (Lipinski definition) is 5. The molecule has 0 aliphatic rings. The maximum Gasteiger partial charge on any atom is 0.412 e. The smallest absolute Gasteiger partial charge is 0.412 e. The normalized spacial score (nSPS) is 10.1. The molecule has 0 unspecified atom stereocenters. The van der Waals surface area contributed by atoms with Crippen LogP contribution in [0.15, 0.2) is 48.6 Å². The lowest BCUT2D eigenvalue weighted by molar-refractivity contribution is -0.138. The summed E-state index contributed by atoms with van der Waals surface area (Å²) in [6.45, 7) is 5.14. The molecule has 2 aromatic carbocycles. The van der Waals surface area contributed by atoms with Crippen molar-refractivity contribution < 1.29 is 24.2 Å². The van der Waals surface area contributed by atoms with Crippen molar-refractivity contribution in [2.75, 3.05) is 13.2 Å². The Morgan fingerprint density at radius 2 is 1.87 bits per heavy atom. The first-order chi connectivity index (χ1) is 11.0. The van der Waals surface area contributed by atoms with Gasteiger partial charge in [-0.25, -0.2) is 9.59 Å². The number of benzene rings is 2. The van der Waals surface area contributed by atoms with Crippen LogP contribution in [-0.4, -0.2) is 30.3 Å². The van der Waals surface area contributed by atoms with Crippen LogP contribution in [0.25, 0.3) is 10.8 Å². The second-order valence-corrected chi connectivity index (χ2v) is 4.86. The van der Waals surface area contributed by atoms with Crippen molar-refractivity contribution in [3.8, 4) is 11.5 Å². The third-order valence-electron chi connectivity index (χ3n) is 3.02. The Morgan fingerprint density at radius 3 is 2.57 bits per heavy atom. The number of carbonyl (C=O) groups excluding carboxylic acids is 2. The molecule has 0 heterocycles. The lowest BCUT2D eigenvalue weighted by atomic mass is 10.1. The molecule has 0 fully saturated rings. The molecule has 6 nitrogen and oxygen atoms in total. The van der Waals surface area contributed by atoms with Crippen molar-refractivity contribution in [1.82, 2.24) is 5.32 Å². The third-order valence-corrected chi connectivity index (χ3v) is 3.02. The highest BCUT2D eigenvalue weighted by molar-refractivity contribution is 5.94. The van der Waals surface area contributed by atoms with E-state index in [0.29, 0.717) is 22.1 Å². The first kappa shape index (κ1) is 16.4. The fourth-order valence-corrected chi connectivity index (χ4v) is 1.90. The zero-order valence-corrected chi connectivity index (χ0v) is 12.7. The van der Waals surface area contributed by atoms with Gasteiger partial charge in [-0.3, -0.25) is 0 Å². The second-order valence-electron chi connectivity index (χ2n) is 4.86. The molecule has 1 amide bonds. The van der Waals surface area contributed by atoms with Crippen molar-refractivity contribution in [3.63, 3.8) is 0 Å². The summed E-state index contributed by atoms with van der Waals surface area (Å²) >= 11 is 0. The maximum absolute atomic E-state index is 11.8. The van der Waals surface area contributed by atoms with E-state index in [1.807, 2.05) is 0 Å². The van der Waals surface area contributed by atoms with E-state index >= 15 is 0 Å². The summed E-state index contributed by atoms with van der Waals surface area (Å²) in [5, 5.41) is 13.5. The third kappa shape index (κ3) is 4.23. The zero-order chi connectivity index (χ0) is 16.8. The van der Waals surface area contributed by atoms with Crippen LogP contribution >= 0.6 is 0 Å². The van der Waals surface area contributed by atoms with E-state index in [1.165, 1.54) is 12.1 Å². The summed E-state index contributed by atoms with van der Waals surface area (Å²) in [5.74, 6) is -0.0698. The Bertz CT molecular complexity index is 754. The largest absolute Gasteiger partial charge is 0.507 e. The number of esters is 1. The average Bonchev–Trinajstić information content (AvgIpc) is 2.54. The molecule has 0 saturated carbocycles. The molecule has 0 radical (unpaired) electrons. The van der Waals surface area contributed by atoms with Gasteiger partial charge >= 0.3 is 12.1 Å². The number of rotatable bonds is 5. The van der Waals surface area contributed by atoms with Gasteiger partial charge < -0.3 is 19.9 Å². The van der Waals surface area contributed by atoms with Crippen LogP contribution in [0.2, 0.25) is 0 Å². The van der Waals surface area contributed by atoms with Crippen molar-refractivity contribution in [3.05, 3.63) is 48.6 Å². The van der Waals surface area contributed by atoms with Gasteiger partial charge in [-0.1, -0.05) is 30.8 Å². The van der Waals surface area contributed by atoms with Gasteiger partial charge in [-0.05, 0) is 19.1 Å². The van der Waals surface area contributed by atoms with Crippen molar-refractivity contribution in [1.29, 1.82) is 0 Å². The lowest BCUT2D eigenvalue weighted by Crippen LogP contribution is -2.30. The van der Waals surface area contributed by atoms with Crippen molar-refractivity contribution >= 4 is 22.8 Å². The van der Waals surface area contributed by atoms with E-state index in [2.05, 4.69) is 11.9 Å². The number of nitrogens with one attached hydrogen (secondary N) is 1. The van der Waals surface area contributed by atoms with Gasteiger partial charge in [0.05, 0.1) is 6.54 Å². The fraction of sp³-hybridized carbons (Fsp3) is 0.176. The van der Waals surface area contributed by atoms with Crippen LogP contribution in [0, 0.1) is 0 Å². The zero-order valence-electron chi connectivity index (χ0n) is 12.7. The molecule has 0 atom stereocenters. The minimum absolute atomic E-state index is 0.0249. The van der Waals surface area contributed by atoms with E-state index in [-0.39, 0.29) is 18.9 Å². The number of carbonyl (C=O) groups is 2. The topological polar surface area (TPSA) is 84.9 Å². The van der Waals surface area contributed by atoms with Crippen LogP contribution in [0.1, 0.15) is 6.92 Å². The van der Waals surface area contributed by atoms with E-state index < -0.39 is 12.1 Å². The van der Waals surface area contributed by atoms with E-state index in [9.17, 15) is 14.7 Å². The van der Waals surface area contributed by atoms with Crippen molar-refractivity contribution in [2.45, 2.75) is 6.92 Å². The number of ether oxygens (including phenoxy) is 2. The van der Waals surface area contributed by atoms with Gasteiger partial charge in [0.25, 0.3) is 0 Å². The van der Waals surface area contributed by atoms with Crippen LogP contribution in [0.4, 0.5) is 4.79 Å². The first-order valence-electron chi connectivity index (χ1n) is 6.98. The summed E-state index contributed by atoms with van der Waals surface area (Å²) in [7, 11) is 0. The molecular formula is C17H17NO5. The Labute approximate surface area is 133 Å². The molecule has 2 N–H and O–H groups in total. The monoisotopic (exact) mass is 315 g/mol. The molecule has 6 heteroatoms. The van der Waals surface area contributed by atoms with Crippen LogP contribution < -0.4 is 10.1 Å². The number of aromatic hydroxyl groups is 1. The highest BCUT2D eigenvalue weighted by Gasteiger charge is 2.10. The summed E-state index contributed by atoms with van der Waals surface area (Å²) < 4.78 is 10.1. The fourth-order valence-electron chi connectivity index (χ4n) is 1.90. The maximum atomic E-state index is 11.8. The van der Waals surface area contributed by atoms with Crippen LogP contribution in [0.5, 0.6) is 11.5 Å². The number of phenolic OH excluding ortho intramolecular Hbond substituents is 1. The highest BCUT2D eigenvalue weighted by atomic mass is 16.6. The molecule has 0 aromatic heterocycles. The quantitative estimate of drug-likeness (QED) is 0.503. The number of fused-ring (bicyclic) bond motifs is 1. The molecule has 0 aliphatic heterocycles. The molecule has 0 spiro atoms. The summed E-state index contributed by atoms with van der Waals surface area (Å²) in [6, 6.07) is 10.0. The number of phenols is 1. The minimum atomic E-state index is -0.674. The van der Waals surface area contributed by atoms with Crippen LogP contribution in [0.3, 0.4) is 0 Å². The predicted octanol–water partition coefficient (Wildman–Crippen LogP) is 2.75. The van der Waals surface area contributed by atoms with E-state index in [4.69, 9.17) is 9.47 Å². The second kappa shape index (κ2) is 7.31. The first-order valence-corrected chi connectivity index (χ1v) is 6.98. The van der Waals surface area contributed by atoms with Crippen molar-refractivity contribution in [2.24, 2.45) is 0 Å². The SMILES string of the molecule is C=C(C)C(=O)OCCNC(=O)Oc1ccc(O)c2ccccc12. The lowest BCUT2D eigenvalue weighted by Gasteiger charge is -2.10. The highest BCUT2D eigenvalue weighted by Crippen LogP contribution is 2.32. The van der Waals surface area contributed by atoms with Gasteiger partial charge in [0, 0.05) is 16.3 Å². The Hall–Kier alpha value is -3.02.